The molecule has 130 valence electrons. The maximum Gasteiger partial charge on any atom is 0.0622 e. The molecule has 2 N–H and O–H groups in total. The smallest absolute Gasteiger partial charge is 0.0622 e. The molecule has 3 rings (SSSR count). The van der Waals surface area contributed by atoms with Crippen LogP contribution >= 0.6 is 0 Å². The van der Waals surface area contributed by atoms with Gasteiger partial charge in [0, 0.05) is 30.6 Å². The van der Waals surface area contributed by atoms with Gasteiger partial charge in [-0.25, -0.2) is 0 Å². The monoisotopic (exact) mass is 326 g/mol. The van der Waals surface area contributed by atoms with Crippen LogP contribution in [0.4, 0.5) is 11.4 Å². The van der Waals surface area contributed by atoms with Crippen molar-refractivity contribution in [1.29, 1.82) is 5.26 Å². The minimum atomic E-state index is 0.0687. The standard InChI is InChI=1S/C20H30N4/c1-18(2)13-20(14-19(3,4)23-18)15-24(12-8-7-11-21)17-10-6-5-9-16(17)22-20/h5-6,9-10,22-23H,7-8,12-15H2,1-4H3. The molecule has 24 heavy (non-hydrogen) atoms. The van der Waals surface area contributed by atoms with Crippen LogP contribution in [-0.2, 0) is 0 Å². The molecule has 1 saturated heterocycles. The van der Waals surface area contributed by atoms with Gasteiger partial charge in [0.1, 0.15) is 0 Å². The molecule has 1 spiro atoms. The van der Waals surface area contributed by atoms with E-state index in [9.17, 15) is 0 Å². The van der Waals surface area contributed by atoms with Gasteiger partial charge in [-0.15, -0.1) is 0 Å². The van der Waals surface area contributed by atoms with Gasteiger partial charge in [-0.1, -0.05) is 12.1 Å². The molecule has 0 aliphatic carbocycles. The average Bonchev–Trinajstić information content (AvgIpc) is 2.43. The van der Waals surface area contributed by atoms with Crippen LogP contribution in [0.15, 0.2) is 24.3 Å². The summed E-state index contributed by atoms with van der Waals surface area (Å²) >= 11 is 0. The lowest BCUT2D eigenvalue weighted by Crippen LogP contribution is -2.69. The van der Waals surface area contributed by atoms with Crippen molar-refractivity contribution in [3.8, 4) is 6.07 Å². The highest BCUT2D eigenvalue weighted by Gasteiger charge is 2.49. The number of hydrogen-bond donors (Lipinski definition) is 2. The highest BCUT2D eigenvalue weighted by Crippen LogP contribution is 2.44. The van der Waals surface area contributed by atoms with E-state index < -0.39 is 0 Å². The number of anilines is 2. The van der Waals surface area contributed by atoms with Crippen molar-refractivity contribution in [2.24, 2.45) is 0 Å². The molecule has 0 atom stereocenters. The summed E-state index contributed by atoms with van der Waals surface area (Å²) in [5, 5.41) is 16.6. The molecule has 4 nitrogen and oxygen atoms in total. The number of fused-ring (bicyclic) bond motifs is 1. The third kappa shape index (κ3) is 3.52. The number of hydrogen-bond acceptors (Lipinski definition) is 4. The van der Waals surface area contributed by atoms with Gasteiger partial charge in [0.15, 0.2) is 0 Å². The second-order valence-corrected chi connectivity index (χ2v) is 8.85. The molecule has 0 aromatic heterocycles. The van der Waals surface area contributed by atoms with Gasteiger partial charge in [-0.05, 0) is 59.1 Å². The third-order valence-corrected chi connectivity index (χ3v) is 5.09. The van der Waals surface area contributed by atoms with E-state index in [1.165, 1.54) is 11.4 Å². The first-order chi connectivity index (χ1) is 11.2. The Morgan fingerprint density at radius 2 is 1.79 bits per heavy atom. The Morgan fingerprint density at radius 3 is 2.46 bits per heavy atom. The molecular weight excluding hydrogens is 296 g/mol. The summed E-state index contributed by atoms with van der Waals surface area (Å²) in [6.07, 6.45) is 3.72. The second-order valence-electron chi connectivity index (χ2n) is 8.85. The Morgan fingerprint density at radius 1 is 1.12 bits per heavy atom. The lowest BCUT2D eigenvalue weighted by Gasteiger charge is -2.57. The molecule has 1 fully saturated rings. The summed E-state index contributed by atoms with van der Waals surface area (Å²) in [5.74, 6) is 0. The molecule has 0 bridgehead atoms. The minimum Gasteiger partial charge on any atom is -0.376 e. The highest BCUT2D eigenvalue weighted by molar-refractivity contribution is 5.73. The second kappa shape index (κ2) is 5.97. The van der Waals surface area contributed by atoms with Crippen molar-refractivity contribution in [2.45, 2.75) is 70.0 Å². The fraction of sp³-hybridized carbons (Fsp3) is 0.650. The maximum atomic E-state index is 8.88. The van der Waals surface area contributed by atoms with E-state index in [1.54, 1.807) is 0 Å². The molecule has 0 unspecified atom stereocenters. The van der Waals surface area contributed by atoms with Crippen LogP contribution in [0.3, 0.4) is 0 Å². The van der Waals surface area contributed by atoms with E-state index in [2.05, 4.69) is 73.6 Å². The first-order valence-electron chi connectivity index (χ1n) is 9.03. The number of benzene rings is 1. The van der Waals surface area contributed by atoms with Crippen LogP contribution in [0.5, 0.6) is 0 Å². The van der Waals surface area contributed by atoms with Gasteiger partial charge in [-0.3, -0.25) is 0 Å². The molecule has 0 saturated carbocycles. The van der Waals surface area contributed by atoms with Crippen LogP contribution in [-0.4, -0.2) is 29.7 Å². The summed E-state index contributed by atoms with van der Waals surface area (Å²) in [7, 11) is 0. The van der Waals surface area contributed by atoms with Crippen molar-refractivity contribution in [3.63, 3.8) is 0 Å². The molecule has 2 aliphatic heterocycles. The van der Waals surface area contributed by atoms with Crippen molar-refractivity contribution in [1.82, 2.24) is 5.32 Å². The zero-order valence-electron chi connectivity index (χ0n) is 15.4. The summed E-state index contributed by atoms with van der Waals surface area (Å²) in [6.45, 7) is 11.2. The lowest BCUT2D eigenvalue weighted by molar-refractivity contribution is 0.118. The van der Waals surface area contributed by atoms with Crippen LogP contribution in [0.2, 0.25) is 0 Å². The number of piperidine rings is 1. The van der Waals surface area contributed by atoms with Gasteiger partial charge < -0.3 is 15.5 Å². The van der Waals surface area contributed by atoms with Crippen molar-refractivity contribution in [3.05, 3.63) is 24.3 Å². The number of nitrogens with one attached hydrogen (secondary N) is 2. The molecule has 2 aliphatic rings. The molecule has 1 aromatic carbocycles. The Bertz CT molecular complexity index is 625. The van der Waals surface area contributed by atoms with Gasteiger partial charge >= 0.3 is 0 Å². The van der Waals surface area contributed by atoms with Gasteiger partial charge in [-0.2, -0.15) is 5.26 Å². The van der Waals surface area contributed by atoms with E-state index in [0.717, 1.165) is 32.4 Å². The summed E-state index contributed by atoms with van der Waals surface area (Å²) in [4.78, 5) is 2.49. The van der Waals surface area contributed by atoms with Crippen molar-refractivity contribution in [2.75, 3.05) is 23.3 Å². The number of nitriles is 1. The van der Waals surface area contributed by atoms with E-state index >= 15 is 0 Å². The normalized spacial score (nSPS) is 23.2. The number of para-hydroxylation sites is 2. The summed E-state index contributed by atoms with van der Waals surface area (Å²) < 4.78 is 0. The minimum absolute atomic E-state index is 0.0687. The van der Waals surface area contributed by atoms with Crippen LogP contribution in [0.25, 0.3) is 0 Å². The zero-order chi connectivity index (χ0) is 17.4. The van der Waals surface area contributed by atoms with Crippen LogP contribution in [0.1, 0.15) is 53.4 Å². The summed E-state index contributed by atoms with van der Waals surface area (Å²) in [5.41, 5.74) is 2.77. The van der Waals surface area contributed by atoms with E-state index in [1.807, 2.05) is 0 Å². The zero-order valence-corrected chi connectivity index (χ0v) is 15.4. The Kier molecular flexibility index (Phi) is 4.25. The highest BCUT2D eigenvalue weighted by atomic mass is 15.2. The first-order valence-corrected chi connectivity index (χ1v) is 9.03. The molecular formula is C20H30N4. The van der Waals surface area contributed by atoms with E-state index in [0.29, 0.717) is 6.42 Å². The lowest BCUT2D eigenvalue weighted by atomic mass is 9.69. The van der Waals surface area contributed by atoms with Gasteiger partial charge in [0.2, 0.25) is 0 Å². The quantitative estimate of drug-likeness (QED) is 0.827. The third-order valence-electron chi connectivity index (χ3n) is 5.09. The molecule has 1 aromatic rings. The van der Waals surface area contributed by atoms with Crippen LogP contribution < -0.4 is 15.5 Å². The Hall–Kier alpha value is -1.73. The molecule has 0 radical (unpaired) electrons. The molecule has 2 heterocycles. The fourth-order valence-corrected chi connectivity index (χ4v) is 5.14. The van der Waals surface area contributed by atoms with E-state index in [-0.39, 0.29) is 16.6 Å². The number of nitrogens with zero attached hydrogens (tertiary/aromatic N) is 2. The fourth-order valence-electron chi connectivity index (χ4n) is 5.14. The number of unbranched alkanes of at least 4 members (excludes halogenated alkanes) is 1. The van der Waals surface area contributed by atoms with Gasteiger partial charge in [0.05, 0.1) is 23.0 Å². The van der Waals surface area contributed by atoms with Crippen molar-refractivity contribution >= 4 is 11.4 Å². The topological polar surface area (TPSA) is 51.1 Å². The first kappa shape index (κ1) is 17.1. The average molecular weight is 326 g/mol. The van der Waals surface area contributed by atoms with Crippen LogP contribution in [0, 0.1) is 11.3 Å². The maximum absolute atomic E-state index is 8.88. The SMILES string of the molecule is CC1(C)CC2(CN(CCCC#N)c3ccccc3N2)CC(C)(C)N1. The van der Waals surface area contributed by atoms with E-state index in [4.69, 9.17) is 5.26 Å². The number of rotatable bonds is 3. The van der Waals surface area contributed by atoms with Gasteiger partial charge in [0.25, 0.3) is 0 Å². The Labute approximate surface area is 146 Å². The predicted octanol–water partition coefficient (Wildman–Crippen LogP) is 3.90. The largest absolute Gasteiger partial charge is 0.376 e. The summed E-state index contributed by atoms with van der Waals surface area (Å²) in [6, 6.07) is 10.9. The molecule has 0 amide bonds. The Balaban J connectivity index is 1.92. The molecule has 4 heteroatoms. The predicted molar refractivity (Wildman–Crippen MR) is 100 cm³/mol. The van der Waals surface area contributed by atoms with Crippen molar-refractivity contribution < 1.29 is 0 Å².